The number of hydrogen-bond donors (Lipinski definition) is 1. The molecule has 0 radical (unpaired) electrons. The SMILES string of the molecule is CCCNC(C(C)C)C1CCC(C)CC1C. The van der Waals surface area contributed by atoms with Gasteiger partial charge in [-0.3, -0.25) is 0 Å². The molecule has 0 amide bonds. The molecular formula is C15H31N. The molecule has 0 aliphatic heterocycles. The lowest BCUT2D eigenvalue weighted by molar-refractivity contribution is 0.135. The maximum absolute atomic E-state index is 3.78. The van der Waals surface area contributed by atoms with Crippen LogP contribution in [-0.4, -0.2) is 12.6 Å². The van der Waals surface area contributed by atoms with Crippen LogP contribution in [0.1, 0.15) is 60.3 Å². The summed E-state index contributed by atoms with van der Waals surface area (Å²) in [7, 11) is 0. The van der Waals surface area contributed by atoms with Gasteiger partial charge in [0.1, 0.15) is 0 Å². The van der Waals surface area contributed by atoms with Crippen LogP contribution in [0, 0.1) is 23.7 Å². The van der Waals surface area contributed by atoms with Gasteiger partial charge in [0.15, 0.2) is 0 Å². The molecule has 4 atom stereocenters. The topological polar surface area (TPSA) is 12.0 Å². The maximum atomic E-state index is 3.78. The highest BCUT2D eigenvalue weighted by atomic mass is 14.9. The van der Waals surface area contributed by atoms with Crippen molar-refractivity contribution < 1.29 is 0 Å². The summed E-state index contributed by atoms with van der Waals surface area (Å²) in [5.41, 5.74) is 0. The van der Waals surface area contributed by atoms with Crippen LogP contribution < -0.4 is 5.32 Å². The zero-order chi connectivity index (χ0) is 12.1. The van der Waals surface area contributed by atoms with Crippen molar-refractivity contribution in [3.8, 4) is 0 Å². The van der Waals surface area contributed by atoms with Gasteiger partial charge in [-0.25, -0.2) is 0 Å². The third kappa shape index (κ3) is 3.76. The highest BCUT2D eigenvalue weighted by molar-refractivity contribution is 4.86. The van der Waals surface area contributed by atoms with Crippen LogP contribution in [0.3, 0.4) is 0 Å². The Morgan fingerprint density at radius 2 is 1.88 bits per heavy atom. The van der Waals surface area contributed by atoms with Crippen LogP contribution in [-0.2, 0) is 0 Å². The average molecular weight is 225 g/mol. The molecule has 1 aliphatic rings. The van der Waals surface area contributed by atoms with Gasteiger partial charge in [0, 0.05) is 6.04 Å². The van der Waals surface area contributed by atoms with E-state index in [-0.39, 0.29) is 0 Å². The van der Waals surface area contributed by atoms with Gasteiger partial charge in [-0.15, -0.1) is 0 Å². The molecule has 0 spiro atoms. The van der Waals surface area contributed by atoms with Gasteiger partial charge in [-0.05, 0) is 49.5 Å². The molecule has 1 aliphatic carbocycles. The minimum atomic E-state index is 0.738. The molecule has 1 rings (SSSR count). The normalized spacial score (nSPS) is 33.0. The van der Waals surface area contributed by atoms with Crippen molar-refractivity contribution in [3.63, 3.8) is 0 Å². The van der Waals surface area contributed by atoms with E-state index in [9.17, 15) is 0 Å². The van der Waals surface area contributed by atoms with Crippen molar-refractivity contribution in [3.05, 3.63) is 0 Å². The molecule has 96 valence electrons. The number of hydrogen-bond acceptors (Lipinski definition) is 1. The van der Waals surface area contributed by atoms with E-state index in [2.05, 4.69) is 39.9 Å². The molecule has 0 aromatic heterocycles. The summed E-state index contributed by atoms with van der Waals surface area (Å²) < 4.78 is 0. The molecule has 1 nitrogen and oxygen atoms in total. The van der Waals surface area contributed by atoms with Crippen LogP contribution in [0.15, 0.2) is 0 Å². The summed E-state index contributed by atoms with van der Waals surface area (Å²) in [6, 6.07) is 0.738. The molecule has 16 heavy (non-hydrogen) atoms. The van der Waals surface area contributed by atoms with Gasteiger partial charge >= 0.3 is 0 Å². The van der Waals surface area contributed by atoms with Crippen molar-refractivity contribution in [2.24, 2.45) is 23.7 Å². The predicted molar refractivity (Wildman–Crippen MR) is 72.6 cm³/mol. The van der Waals surface area contributed by atoms with Gasteiger partial charge in [-0.2, -0.15) is 0 Å². The highest BCUT2D eigenvalue weighted by Gasteiger charge is 2.32. The summed E-state index contributed by atoms with van der Waals surface area (Å²) in [6.45, 7) is 13.1. The Hall–Kier alpha value is -0.0400. The monoisotopic (exact) mass is 225 g/mol. The second-order valence-corrected chi connectivity index (χ2v) is 6.28. The zero-order valence-electron chi connectivity index (χ0n) is 11.9. The van der Waals surface area contributed by atoms with Gasteiger partial charge in [0.2, 0.25) is 0 Å². The molecule has 0 aromatic carbocycles. The third-order valence-corrected chi connectivity index (χ3v) is 4.31. The fourth-order valence-corrected chi connectivity index (χ4v) is 3.41. The summed E-state index contributed by atoms with van der Waals surface area (Å²) in [5, 5.41) is 3.78. The molecular weight excluding hydrogens is 194 g/mol. The van der Waals surface area contributed by atoms with Gasteiger partial charge in [-0.1, -0.05) is 41.0 Å². The van der Waals surface area contributed by atoms with Crippen molar-refractivity contribution in [2.45, 2.75) is 66.3 Å². The van der Waals surface area contributed by atoms with E-state index in [1.165, 1.54) is 32.2 Å². The average Bonchev–Trinajstić information content (AvgIpc) is 2.20. The molecule has 1 saturated carbocycles. The Morgan fingerprint density at radius 1 is 1.19 bits per heavy atom. The Labute approximate surface area is 102 Å². The van der Waals surface area contributed by atoms with Gasteiger partial charge in [0.05, 0.1) is 0 Å². The van der Waals surface area contributed by atoms with E-state index in [0.29, 0.717) is 0 Å². The molecule has 0 heterocycles. The summed E-state index contributed by atoms with van der Waals surface area (Å²) >= 11 is 0. The van der Waals surface area contributed by atoms with E-state index >= 15 is 0 Å². The quantitative estimate of drug-likeness (QED) is 0.743. The Morgan fingerprint density at radius 3 is 2.38 bits per heavy atom. The lowest BCUT2D eigenvalue weighted by atomic mass is 9.70. The van der Waals surface area contributed by atoms with E-state index in [0.717, 1.165) is 29.7 Å². The van der Waals surface area contributed by atoms with E-state index in [1.807, 2.05) is 0 Å². The van der Waals surface area contributed by atoms with Crippen molar-refractivity contribution in [2.75, 3.05) is 6.54 Å². The van der Waals surface area contributed by atoms with E-state index in [4.69, 9.17) is 0 Å². The third-order valence-electron chi connectivity index (χ3n) is 4.31. The number of nitrogens with one attached hydrogen (secondary N) is 1. The second kappa shape index (κ2) is 6.64. The minimum Gasteiger partial charge on any atom is -0.313 e. The standard InChI is InChI=1S/C15H31N/c1-6-9-16-15(11(2)3)14-8-7-12(4)10-13(14)5/h11-16H,6-10H2,1-5H3. The summed E-state index contributed by atoms with van der Waals surface area (Å²) in [6.07, 6.45) is 5.55. The van der Waals surface area contributed by atoms with Crippen LogP contribution in [0.4, 0.5) is 0 Å². The van der Waals surface area contributed by atoms with Crippen molar-refractivity contribution in [1.29, 1.82) is 0 Å². The molecule has 0 aromatic rings. The Balaban J connectivity index is 2.55. The highest BCUT2D eigenvalue weighted by Crippen LogP contribution is 2.37. The first kappa shape index (κ1) is 14.0. The van der Waals surface area contributed by atoms with Gasteiger partial charge < -0.3 is 5.32 Å². The molecule has 4 unspecified atom stereocenters. The lowest BCUT2D eigenvalue weighted by Crippen LogP contribution is -2.45. The molecule has 1 fully saturated rings. The largest absolute Gasteiger partial charge is 0.313 e. The van der Waals surface area contributed by atoms with Crippen LogP contribution >= 0.6 is 0 Å². The predicted octanol–water partition coefficient (Wildman–Crippen LogP) is 4.08. The van der Waals surface area contributed by atoms with Crippen LogP contribution in [0.25, 0.3) is 0 Å². The zero-order valence-corrected chi connectivity index (χ0v) is 11.9. The summed E-state index contributed by atoms with van der Waals surface area (Å²) in [4.78, 5) is 0. The maximum Gasteiger partial charge on any atom is 0.0121 e. The summed E-state index contributed by atoms with van der Waals surface area (Å²) in [5.74, 6) is 3.53. The fourth-order valence-electron chi connectivity index (χ4n) is 3.41. The smallest absolute Gasteiger partial charge is 0.0121 e. The molecule has 0 bridgehead atoms. The Kier molecular flexibility index (Phi) is 5.82. The van der Waals surface area contributed by atoms with Crippen molar-refractivity contribution in [1.82, 2.24) is 5.32 Å². The minimum absolute atomic E-state index is 0.738. The molecule has 0 saturated heterocycles. The van der Waals surface area contributed by atoms with E-state index in [1.54, 1.807) is 0 Å². The second-order valence-electron chi connectivity index (χ2n) is 6.28. The lowest BCUT2D eigenvalue weighted by Gasteiger charge is -2.40. The van der Waals surface area contributed by atoms with Gasteiger partial charge in [0.25, 0.3) is 0 Å². The first-order valence-electron chi connectivity index (χ1n) is 7.29. The molecule has 1 heteroatoms. The first-order valence-corrected chi connectivity index (χ1v) is 7.29. The number of rotatable bonds is 5. The Bertz CT molecular complexity index is 186. The molecule has 1 N–H and O–H groups in total. The van der Waals surface area contributed by atoms with Crippen LogP contribution in [0.5, 0.6) is 0 Å². The van der Waals surface area contributed by atoms with Crippen molar-refractivity contribution >= 4 is 0 Å². The fraction of sp³-hybridized carbons (Fsp3) is 1.00. The van der Waals surface area contributed by atoms with E-state index < -0.39 is 0 Å². The first-order chi connectivity index (χ1) is 7.56. The van der Waals surface area contributed by atoms with Crippen LogP contribution in [0.2, 0.25) is 0 Å².